The van der Waals surface area contributed by atoms with Crippen LogP contribution in [-0.4, -0.2) is 5.91 Å². The van der Waals surface area contributed by atoms with Gasteiger partial charge in [0.05, 0.1) is 11.4 Å². The van der Waals surface area contributed by atoms with E-state index in [1.54, 1.807) is 18.2 Å². The van der Waals surface area contributed by atoms with Crippen LogP contribution in [0.4, 0.5) is 22.7 Å². The van der Waals surface area contributed by atoms with Crippen LogP contribution < -0.4 is 16.4 Å². The number of nitrogens with two attached hydrogens (primary N) is 1. The fourth-order valence-electron chi connectivity index (χ4n) is 2.91. The second kappa shape index (κ2) is 8.44. The molecule has 0 saturated heterocycles. The van der Waals surface area contributed by atoms with Gasteiger partial charge in [0.15, 0.2) is 0 Å². The second-order valence-corrected chi connectivity index (χ2v) is 6.89. The van der Waals surface area contributed by atoms with Crippen molar-refractivity contribution in [1.82, 2.24) is 0 Å². The van der Waals surface area contributed by atoms with Crippen LogP contribution in [0, 0.1) is 20.8 Å². The standard InChI is InChI=1S/C24H25N3O/c1-16-14-21(15-17(2)18(16)3)26-20-11-8-19(9-12-20)10-13-24(28)27-23-7-5-4-6-22(23)25/h4-15,26H,25H2,1-3H3,(H,27,28)/b13-10+. The molecule has 0 bridgehead atoms. The van der Waals surface area contributed by atoms with Gasteiger partial charge in [0.1, 0.15) is 0 Å². The van der Waals surface area contributed by atoms with Gasteiger partial charge in [0.2, 0.25) is 5.91 Å². The Bertz CT molecular complexity index is 997. The van der Waals surface area contributed by atoms with Gasteiger partial charge in [-0.05, 0) is 85.5 Å². The summed E-state index contributed by atoms with van der Waals surface area (Å²) < 4.78 is 0. The Balaban J connectivity index is 1.63. The maximum absolute atomic E-state index is 12.1. The minimum atomic E-state index is -0.217. The molecule has 0 spiro atoms. The van der Waals surface area contributed by atoms with Gasteiger partial charge in [0.25, 0.3) is 0 Å². The van der Waals surface area contributed by atoms with E-state index in [0.717, 1.165) is 16.9 Å². The SMILES string of the molecule is Cc1cc(Nc2ccc(/C=C/C(=O)Nc3ccccc3N)cc2)cc(C)c1C. The van der Waals surface area contributed by atoms with E-state index in [2.05, 4.69) is 43.5 Å². The summed E-state index contributed by atoms with van der Waals surface area (Å²) in [5.74, 6) is -0.217. The minimum absolute atomic E-state index is 0.217. The zero-order valence-electron chi connectivity index (χ0n) is 16.4. The Kier molecular flexibility index (Phi) is 5.80. The van der Waals surface area contributed by atoms with Crippen LogP contribution in [0.15, 0.2) is 66.7 Å². The van der Waals surface area contributed by atoms with Crippen molar-refractivity contribution in [2.75, 3.05) is 16.4 Å². The van der Waals surface area contributed by atoms with Crippen LogP contribution in [0.5, 0.6) is 0 Å². The molecule has 142 valence electrons. The highest BCUT2D eigenvalue weighted by Gasteiger charge is 2.03. The number of para-hydroxylation sites is 2. The lowest BCUT2D eigenvalue weighted by Gasteiger charge is -2.11. The first kappa shape index (κ1) is 19.2. The third kappa shape index (κ3) is 4.80. The number of benzene rings is 3. The molecule has 3 aromatic rings. The van der Waals surface area contributed by atoms with Crippen LogP contribution in [-0.2, 0) is 4.79 Å². The van der Waals surface area contributed by atoms with Crippen molar-refractivity contribution in [1.29, 1.82) is 0 Å². The number of carbonyl (C=O) groups is 1. The first-order valence-electron chi connectivity index (χ1n) is 9.21. The van der Waals surface area contributed by atoms with Gasteiger partial charge in [-0.1, -0.05) is 24.3 Å². The molecule has 4 nitrogen and oxygen atoms in total. The number of anilines is 4. The van der Waals surface area contributed by atoms with E-state index in [-0.39, 0.29) is 5.91 Å². The highest BCUT2D eigenvalue weighted by atomic mass is 16.1. The molecule has 0 aliphatic rings. The number of hydrogen-bond donors (Lipinski definition) is 3. The molecule has 0 saturated carbocycles. The lowest BCUT2D eigenvalue weighted by atomic mass is 10.0. The largest absolute Gasteiger partial charge is 0.397 e. The van der Waals surface area contributed by atoms with Crippen molar-refractivity contribution < 1.29 is 4.79 Å². The fourth-order valence-corrected chi connectivity index (χ4v) is 2.91. The molecule has 0 heterocycles. The lowest BCUT2D eigenvalue weighted by molar-refractivity contribution is -0.111. The quantitative estimate of drug-likeness (QED) is 0.404. The molecule has 0 aliphatic carbocycles. The summed E-state index contributed by atoms with van der Waals surface area (Å²) in [6.45, 7) is 6.38. The van der Waals surface area contributed by atoms with Crippen LogP contribution >= 0.6 is 0 Å². The van der Waals surface area contributed by atoms with Gasteiger partial charge >= 0.3 is 0 Å². The number of hydrogen-bond acceptors (Lipinski definition) is 3. The minimum Gasteiger partial charge on any atom is -0.397 e. The Labute approximate surface area is 166 Å². The van der Waals surface area contributed by atoms with E-state index in [0.29, 0.717) is 11.4 Å². The molecule has 4 heteroatoms. The van der Waals surface area contributed by atoms with Gasteiger partial charge in [-0.2, -0.15) is 0 Å². The van der Waals surface area contributed by atoms with Crippen LogP contribution in [0.2, 0.25) is 0 Å². The molecule has 3 aromatic carbocycles. The number of amides is 1. The van der Waals surface area contributed by atoms with Crippen molar-refractivity contribution in [2.45, 2.75) is 20.8 Å². The summed E-state index contributed by atoms with van der Waals surface area (Å²) in [6.07, 6.45) is 3.28. The fraction of sp³-hybridized carbons (Fsp3) is 0.125. The van der Waals surface area contributed by atoms with Crippen molar-refractivity contribution in [3.05, 3.63) is 89.0 Å². The third-order valence-electron chi connectivity index (χ3n) is 4.77. The third-order valence-corrected chi connectivity index (χ3v) is 4.77. The van der Waals surface area contributed by atoms with Crippen LogP contribution in [0.1, 0.15) is 22.3 Å². The zero-order valence-corrected chi connectivity index (χ0v) is 16.4. The normalized spacial score (nSPS) is 10.8. The molecular weight excluding hydrogens is 346 g/mol. The summed E-state index contributed by atoms with van der Waals surface area (Å²) in [5, 5.41) is 6.20. The van der Waals surface area contributed by atoms with Crippen molar-refractivity contribution in [3.8, 4) is 0 Å². The van der Waals surface area contributed by atoms with E-state index in [4.69, 9.17) is 5.73 Å². The lowest BCUT2D eigenvalue weighted by Crippen LogP contribution is -2.09. The first-order valence-corrected chi connectivity index (χ1v) is 9.21. The predicted octanol–water partition coefficient (Wildman–Crippen LogP) is 5.59. The summed E-state index contributed by atoms with van der Waals surface area (Å²) >= 11 is 0. The number of carbonyl (C=O) groups excluding carboxylic acids is 1. The molecular formula is C24H25N3O. The van der Waals surface area contributed by atoms with Gasteiger partial charge < -0.3 is 16.4 Å². The number of nitrogen functional groups attached to an aromatic ring is 1. The van der Waals surface area contributed by atoms with Crippen LogP contribution in [0.25, 0.3) is 6.08 Å². The average Bonchev–Trinajstić information content (AvgIpc) is 2.67. The number of rotatable bonds is 5. The highest BCUT2D eigenvalue weighted by Crippen LogP contribution is 2.23. The Morgan fingerprint density at radius 3 is 2.18 bits per heavy atom. The van der Waals surface area contributed by atoms with Gasteiger partial charge in [-0.25, -0.2) is 0 Å². The molecule has 3 rings (SSSR count). The maximum atomic E-state index is 12.1. The summed E-state index contributed by atoms with van der Waals surface area (Å²) in [5.41, 5.74) is 13.9. The van der Waals surface area contributed by atoms with Crippen molar-refractivity contribution in [2.24, 2.45) is 0 Å². The van der Waals surface area contributed by atoms with Gasteiger partial charge in [-0.3, -0.25) is 4.79 Å². The highest BCUT2D eigenvalue weighted by molar-refractivity contribution is 6.03. The Morgan fingerprint density at radius 2 is 1.54 bits per heavy atom. The maximum Gasteiger partial charge on any atom is 0.248 e. The Morgan fingerprint density at radius 1 is 0.893 bits per heavy atom. The smallest absolute Gasteiger partial charge is 0.248 e. The van der Waals surface area contributed by atoms with E-state index >= 15 is 0 Å². The number of nitrogens with one attached hydrogen (secondary N) is 2. The molecule has 4 N–H and O–H groups in total. The molecule has 0 unspecified atom stereocenters. The molecule has 1 amide bonds. The zero-order chi connectivity index (χ0) is 20.1. The van der Waals surface area contributed by atoms with Crippen molar-refractivity contribution >= 4 is 34.7 Å². The Hall–Kier alpha value is -3.53. The molecule has 0 radical (unpaired) electrons. The van der Waals surface area contributed by atoms with Crippen LogP contribution in [0.3, 0.4) is 0 Å². The molecule has 28 heavy (non-hydrogen) atoms. The average molecular weight is 371 g/mol. The van der Waals surface area contributed by atoms with E-state index in [9.17, 15) is 4.79 Å². The molecule has 0 atom stereocenters. The van der Waals surface area contributed by atoms with Gasteiger partial charge in [0, 0.05) is 17.5 Å². The van der Waals surface area contributed by atoms with Crippen molar-refractivity contribution in [3.63, 3.8) is 0 Å². The van der Waals surface area contributed by atoms with E-state index in [1.807, 2.05) is 36.4 Å². The summed E-state index contributed by atoms with van der Waals surface area (Å²) in [4.78, 5) is 12.1. The molecule has 0 fully saturated rings. The monoisotopic (exact) mass is 371 g/mol. The topological polar surface area (TPSA) is 67.2 Å². The molecule has 0 aliphatic heterocycles. The molecule has 0 aromatic heterocycles. The van der Waals surface area contributed by atoms with Gasteiger partial charge in [-0.15, -0.1) is 0 Å². The van der Waals surface area contributed by atoms with E-state index in [1.165, 1.54) is 22.8 Å². The number of aryl methyl sites for hydroxylation is 2. The summed E-state index contributed by atoms with van der Waals surface area (Å²) in [7, 11) is 0. The summed E-state index contributed by atoms with van der Waals surface area (Å²) in [6, 6.07) is 19.4. The first-order chi connectivity index (χ1) is 13.4. The second-order valence-electron chi connectivity index (χ2n) is 6.89. The predicted molar refractivity (Wildman–Crippen MR) is 119 cm³/mol. The van der Waals surface area contributed by atoms with E-state index < -0.39 is 0 Å².